The van der Waals surface area contributed by atoms with Crippen LogP contribution in [0.5, 0.6) is 0 Å². The third-order valence-corrected chi connectivity index (χ3v) is 7.49. The Hall–Kier alpha value is -1.44. The first kappa shape index (κ1) is 23.8. The third-order valence-electron chi connectivity index (χ3n) is 5.64. The second-order valence-corrected chi connectivity index (χ2v) is 11.4. The Balaban J connectivity index is 1.91. The van der Waals surface area contributed by atoms with Crippen LogP contribution in [0, 0.1) is 11.3 Å². The van der Waals surface area contributed by atoms with Crippen LogP contribution >= 0.6 is 0 Å². The lowest BCUT2D eigenvalue weighted by molar-refractivity contribution is -0.127. The van der Waals surface area contributed by atoms with Gasteiger partial charge in [0.15, 0.2) is 0 Å². The van der Waals surface area contributed by atoms with Gasteiger partial charge in [-0.15, -0.1) is 0 Å². The molecule has 1 atom stereocenters. The predicted octanol–water partition coefficient (Wildman–Crippen LogP) is 2.71. The van der Waals surface area contributed by atoms with Crippen LogP contribution in [-0.2, 0) is 20.6 Å². The number of sulfonamides is 1. The number of hydrogen-bond donors (Lipinski definition) is 1. The second kappa shape index (κ2) is 10.0. The fraction of sp³-hybridized carbons (Fsp3) is 0.682. The molecule has 1 aromatic carbocycles. The maximum absolute atomic E-state index is 12.9. The molecular weight excluding hydrogens is 386 g/mol. The SMILES string of the molecule is CN(C)CCC(NC(=O)C1CCN(S(=O)(=O)Cc2ccccc2)CC1)C(C)(C)C. The maximum Gasteiger partial charge on any atom is 0.223 e. The first-order chi connectivity index (χ1) is 13.5. The molecule has 0 bridgehead atoms. The van der Waals surface area contributed by atoms with Gasteiger partial charge in [0.05, 0.1) is 5.75 Å². The Morgan fingerprint density at radius 1 is 1.17 bits per heavy atom. The predicted molar refractivity (Wildman–Crippen MR) is 118 cm³/mol. The van der Waals surface area contributed by atoms with E-state index in [0.717, 1.165) is 18.5 Å². The van der Waals surface area contributed by atoms with Crippen molar-refractivity contribution >= 4 is 15.9 Å². The molecule has 1 fully saturated rings. The Labute approximate surface area is 176 Å². The van der Waals surface area contributed by atoms with Crippen LogP contribution in [-0.4, -0.2) is 63.3 Å². The van der Waals surface area contributed by atoms with Gasteiger partial charge in [0.2, 0.25) is 15.9 Å². The molecule has 1 aliphatic rings. The summed E-state index contributed by atoms with van der Waals surface area (Å²) in [5.74, 6) is -0.0485. The van der Waals surface area contributed by atoms with Gasteiger partial charge in [-0.2, -0.15) is 0 Å². The fourth-order valence-corrected chi connectivity index (χ4v) is 5.23. The number of carbonyl (C=O) groups is 1. The van der Waals surface area contributed by atoms with E-state index < -0.39 is 10.0 Å². The summed E-state index contributed by atoms with van der Waals surface area (Å²) < 4.78 is 27.0. The lowest BCUT2D eigenvalue weighted by Crippen LogP contribution is -2.49. The lowest BCUT2D eigenvalue weighted by Gasteiger charge is -2.35. The van der Waals surface area contributed by atoms with E-state index >= 15 is 0 Å². The molecular formula is C22H37N3O3S. The largest absolute Gasteiger partial charge is 0.353 e. The van der Waals surface area contributed by atoms with Crippen molar-refractivity contribution in [3.63, 3.8) is 0 Å². The van der Waals surface area contributed by atoms with E-state index in [4.69, 9.17) is 0 Å². The topological polar surface area (TPSA) is 69.7 Å². The highest BCUT2D eigenvalue weighted by atomic mass is 32.2. The van der Waals surface area contributed by atoms with Gasteiger partial charge in [0.25, 0.3) is 0 Å². The molecule has 0 aromatic heterocycles. The van der Waals surface area contributed by atoms with E-state index in [2.05, 4.69) is 31.0 Å². The number of benzene rings is 1. The minimum absolute atomic E-state index is 0.0152. The van der Waals surface area contributed by atoms with Crippen LogP contribution in [0.15, 0.2) is 30.3 Å². The molecule has 1 amide bonds. The van der Waals surface area contributed by atoms with Gasteiger partial charge in [-0.3, -0.25) is 4.79 Å². The van der Waals surface area contributed by atoms with E-state index in [1.165, 1.54) is 4.31 Å². The van der Waals surface area contributed by atoms with Crippen molar-refractivity contribution in [3.05, 3.63) is 35.9 Å². The molecule has 1 N–H and O–H groups in total. The number of nitrogens with one attached hydrogen (secondary N) is 1. The smallest absolute Gasteiger partial charge is 0.223 e. The van der Waals surface area contributed by atoms with Crippen LogP contribution in [0.25, 0.3) is 0 Å². The van der Waals surface area contributed by atoms with Gasteiger partial charge in [-0.1, -0.05) is 51.1 Å². The van der Waals surface area contributed by atoms with Crippen molar-refractivity contribution in [1.29, 1.82) is 0 Å². The molecule has 7 heteroatoms. The highest BCUT2D eigenvalue weighted by Gasteiger charge is 2.33. The number of hydrogen-bond acceptors (Lipinski definition) is 4. The number of amides is 1. The normalized spacial score (nSPS) is 18.0. The van der Waals surface area contributed by atoms with Crippen LogP contribution < -0.4 is 5.32 Å². The molecule has 2 rings (SSSR count). The molecule has 0 spiro atoms. The van der Waals surface area contributed by atoms with Gasteiger partial charge < -0.3 is 10.2 Å². The van der Waals surface area contributed by atoms with Crippen molar-refractivity contribution in [2.24, 2.45) is 11.3 Å². The maximum atomic E-state index is 12.9. The van der Waals surface area contributed by atoms with Gasteiger partial charge >= 0.3 is 0 Å². The van der Waals surface area contributed by atoms with Crippen LogP contribution in [0.1, 0.15) is 45.6 Å². The van der Waals surface area contributed by atoms with Crippen molar-refractivity contribution in [2.45, 2.75) is 51.8 Å². The number of rotatable bonds is 8. The Morgan fingerprint density at radius 2 is 1.76 bits per heavy atom. The zero-order chi connectivity index (χ0) is 21.7. The summed E-state index contributed by atoms with van der Waals surface area (Å²) in [5.41, 5.74) is 0.770. The number of carbonyl (C=O) groups excluding carboxylic acids is 1. The zero-order valence-electron chi connectivity index (χ0n) is 18.5. The number of piperidine rings is 1. The highest BCUT2D eigenvalue weighted by molar-refractivity contribution is 7.88. The summed E-state index contributed by atoms with van der Waals surface area (Å²) in [6, 6.07) is 9.34. The molecule has 0 aliphatic carbocycles. The highest BCUT2D eigenvalue weighted by Crippen LogP contribution is 2.25. The summed E-state index contributed by atoms with van der Waals surface area (Å²) in [6.45, 7) is 8.17. The first-order valence-corrected chi connectivity index (χ1v) is 12.1. The minimum atomic E-state index is -3.35. The second-order valence-electron chi connectivity index (χ2n) is 9.43. The Kier molecular flexibility index (Phi) is 8.26. The molecule has 6 nitrogen and oxygen atoms in total. The van der Waals surface area contributed by atoms with Crippen molar-refractivity contribution in [2.75, 3.05) is 33.7 Å². The molecule has 1 saturated heterocycles. The van der Waals surface area contributed by atoms with Crippen LogP contribution in [0.2, 0.25) is 0 Å². The molecule has 1 unspecified atom stereocenters. The van der Waals surface area contributed by atoms with Gasteiger partial charge in [-0.05, 0) is 50.9 Å². The van der Waals surface area contributed by atoms with E-state index in [1.807, 2.05) is 44.4 Å². The monoisotopic (exact) mass is 423 g/mol. The van der Waals surface area contributed by atoms with Crippen molar-refractivity contribution in [3.8, 4) is 0 Å². The van der Waals surface area contributed by atoms with Gasteiger partial charge in [0, 0.05) is 25.0 Å². The molecule has 0 radical (unpaired) electrons. The summed E-state index contributed by atoms with van der Waals surface area (Å²) in [4.78, 5) is 15.0. The first-order valence-electron chi connectivity index (χ1n) is 10.5. The van der Waals surface area contributed by atoms with E-state index in [-0.39, 0.29) is 29.0 Å². The molecule has 29 heavy (non-hydrogen) atoms. The van der Waals surface area contributed by atoms with E-state index in [1.54, 1.807) is 0 Å². The summed E-state index contributed by atoms with van der Waals surface area (Å²) in [6.07, 6.45) is 2.04. The minimum Gasteiger partial charge on any atom is -0.353 e. The van der Waals surface area contributed by atoms with Crippen molar-refractivity contribution in [1.82, 2.24) is 14.5 Å². The summed E-state index contributed by atoms with van der Waals surface area (Å²) >= 11 is 0. The molecule has 0 saturated carbocycles. The fourth-order valence-electron chi connectivity index (χ4n) is 3.67. The Morgan fingerprint density at radius 3 is 2.28 bits per heavy atom. The standard InChI is InChI=1S/C22H37N3O3S/c1-22(2,3)20(13-14-24(4)5)23-21(26)19-11-15-25(16-12-19)29(27,28)17-18-9-7-6-8-10-18/h6-10,19-20H,11-17H2,1-5H3,(H,23,26). The molecule has 164 valence electrons. The van der Waals surface area contributed by atoms with Crippen LogP contribution in [0.4, 0.5) is 0 Å². The molecule has 1 heterocycles. The van der Waals surface area contributed by atoms with Gasteiger partial charge in [0.1, 0.15) is 0 Å². The van der Waals surface area contributed by atoms with Crippen LogP contribution in [0.3, 0.4) is 0 Å². The summed E-state index contributed by atoms with van der Waals surface area (Å²) in [5, 5.41) is 3.24. The number of nitrogens with zero attached hydrogens (tertiary/aromatic N) is 2. The molecule has 1 aromatic rings. The zero-order valence-corrected chi connectivity index (χ0v) is 19.3. The molecule has 1 aliphatic heterocycles. The quantitative estimate of drug-likeness (QED) is 0.698. The van der Waals surface area contributed by atoms with E-state index in [0.29, 0.717) is 25.9 Å². The van der Waals surface area contributed by atoms with Gasteiger partial charge in [-0.25, -0.2) is 12.7 Å². The Bertz CT molecular complexity index is 749. The third kappa shape index (κ3) is 7.39. The lowest BCUT2D eigenvalue weighted by atomic mass is 9.84. The van der Waals surface area contributed by atoms with Crippen molar-refractivity contribution < 1.29 is 13.2 Å². The average Bonchev–Trinajstić information content (AvgIpc) is 2.64. The summed E-state index contributed by atoms with van der Waals surface area (Å²) in [7, 11) is 0.716. The average molecular weight is 424 g/mol. The van der Waals surface area contributed by atoms with E-state index in [9.17, 15) is 13.2 Å².